The highest BCUT2D eigenvalue weighted by atomic mass is 16.6. The topological polar surface area (TPSA) is 39.7 Å². The van der Waals surface area contributed by atoms with Gasteiger partial charge in [-0.05, 0) is 31.5 Å². The van der Waals surface area contributed by atoms with Crippen molar-refractivity contribution in [3.8, 4) is 17.2 Å². The average Bonchev–Trinajstić information content (AvgIpc) is 2.42. The van der Waals surface area contributed by atoms with Crippen molar-refractivity contribution in [1.29, 1.82) is 0 Å². The summed E-state index contributed by atoms with van der Waals surface area (Å²) in [6.07, 6.45) is 2.16. The van der Waals surface area contributed by atoms with Gasteiger partial charge in [0, 0.05) is 13.1 Å². The van der Waals surface area contributed by atoms with Gasteiger partial charge in [0.05, 0.1) is 7.11 Å². The summed E-state index contributed by atoms with van der Waals surface area (Å²) in [6, 6.07) is 4.00. The minimum absolute atomic E-state index is 0.571. The molecule has 1 aromatic rings. The van der Waals surface area contributed by atoms with Gasteiger partial charge in [-0.1, -0.05) is 11.6 Å². The summed E-state index contributed by atoms with van der Waals surface area (Å²) in [6.45, 7) is 6.98. The molecule has 19 heavy (non-hydrogen) atoms. The van der Waals surface area contributed by atoms with Crippen molar-refractivity contribution >= 4 is 0 Å². The molecule has 4 heteroatoms. The summed E-state index contributed by atoms with van der Waals surface area (Å²) in [5.41, 5.74) is 2.44. The minimum Gasteiger partial charge on any atom is -0.493 e. The quantitative estimate of drug-likeness (QED) is 0.654. The smallest absolute Gasteiger partial charge is 0.203 e. The Bertz CT molecular complexity index is 447. The summed E-state index contributed by atoms with van der Waals surface area (Å²) in [7, 11) is 1.65. The molecule has 0 amide bonds. The Morgan fingerprint density at radius 2 is 2.11 bits per heavy atom. The Morgan fingerprint density at radius 1 is 1.32 bits per heavy atom. The Balaban J connectivity index is 2.07. The molecular formula is C15H21NO3. The van der Waals surface area contributed by atoms with E-state index in [0.29, 0.717) is 19.0 Å². The molecule has 1 aliphatic rings. The number of benzene rings is 1. The Morgan fingerprint density at radius 3 is 2.84 bits per heavy atom. The predicted molar refractivity (Wildman–Crippen MR) is 75.1 cm³/mol. The van der Waals surface area contributed by atoms with Crippen LogP contribution < -0.4 is 19.5 Å². The van der Waals surface area contributed by atoms with E-state index in [4.69, 9.17) is 14.2 Å². The molecule has 0 fully saturated rings. The summed E-state index contributed by atoms with van der Waals surface area (Å²) in [5.74, 6) is 2.21. The van der Waals surface area contributed by atoms with Crippen molar-refractivity contribution in [2.45, 2.75) is 20.4 Å². The van der Waals surface area contributed by atoms with E-state index in [0.717, 1.165) is 30.2 Å². The van der Waals surface area contributed by atoms with E-state index in [1.807, 2.05) is 12.1 Å². The van der Waals surface area contributed by atoms with Gasteiger partial charge < -0.3 is 19.5 Å². The second kappa shape index (κ2) is 6.48. The van der Waals surface area contributed by atoms with Gasteiger partial charge in [0.2, 0.25) is 5.75 Å². The number of hydrogen-bond donors (Lipinski definition) is 1. The maximum atomic E-state index is 5.61. The normalized spacial score (nSPS) is 13.0. The van der Waals surface area contributed by atoms with Gasteiger partial charge in [0.1, 0.15) is 13.2 Å². The zero-order valence-electron chi connectivity index (χ0n) is 11.8. The van der Waals surface area contributed by atoms with E-state index < -0.39 is 0 Å². The summed E-state index contributed by atoms with van der Waals surface area (Å²) >= 11 is 0. The van der Waals surface area contributed by atoms with E-state index >= 15 is 0 Å². The van der Waals surface area contributed by atoms with Crippen molar-refractivity contribution in [3.63, 3.8) is 0 Å². The third-order valence-electron chi connectivity index (χ3n) is 2.87. The van der Waals surface area contributed by atoms with E-state index in [1.165, 1.54) is 5.57 Å². The third-order valence-corrected chi connectivity index (χ3v) is 2.87. The lowest BCUT2D eigenvalue weighted by molar-refractivity contribution is 0.165. The standard InChI is InChI=1S/C15H21NO3/c1-11(2)4-5-16-10-12-8-13(17-3)15-14(9-12)18-6-7-19-15/h4,8-9,16H,5-7,10H2,1-3H3. The number of rotatable bonds is 5. The van der Waals surface area contributed by atoms with Crippen LogP contribution in [0.1, 0.15) is 19.4 Å². The molecule has 1 aromatic carbocycles. The van der Waals surface area contributed by atoms with Crippen LogP contribution >= 0.6 is 0 Å². The van der Waals surface area contributed by atoms with Crippen molar-refractivity contribution in [2.75, 3.05) is 26.9 Å². The molecule has 0 saturated carbocycles. The van der Waals surface area contributed by atoms with Crippen molar-refractivity contribution in [3.05, 3.63) is 29.3 Å². The Hall–Kier alpha value is -1.68. The monoisotopic (exact) mass is 263 g/mol. The number of allylic oxidation sites excluding steroid dienone is 1. The summed E-state index contributed by atoms with van der Waals surface area (Å²) in [4.78, 5) is 0. The van der Waals surface area contributed by atoms with Gasteiger partial charge in [-0.3, -0.25) is 0 Å². The zero-order valence-corrected chi connectivity index (χ0v) is 11.8. The van der Waals surface area contributed by atoms with Crippen LogP contribution in [0.2, 0.25) is 0 Å². The van der Waals surface area contributed by atoms with Crippen molar-refractivity contribution in [2.24, 2.45) is 0 Å². The first kappa shape index (κ1) is 13.7. The molecule has 1 heterocycles. The second-order valence-electron chi connectivity index (χ2n) is 4.73. The minimum atomic E-state index is 0.571. The van der Waals surface area contributed by atoms with Gasteiger partial charge in [-0.15, -0.1) is 0 Å². The van der Waals surface area contributed by atoms with E-state index in [9.17, 15) is 0 Å². The van der Waals surface area contributed by atoms with Crippen LogP contribution in [0.25, 0.3) is 0 Å². The molecule has 4 nitrogen and oxygen atoms in total. The molecule has 0 atom stereocenters. The van der Waals surface area contributed by atoms with E-state index in [-0.39, 0.29) is 0 Å². The van der Waals surface area contributed by atoms with Gasteiger partial charge in [0.15, 0.2) is 11.5 Å². The van der Waals surface area contributed by atoms with Crippen LogP contribution in [0.15, 0.2) is 23.8 Å². The fourth-order valence-electron chi connectivity index (χ4n) is 1.92. The van der Waals surface area contributed by atoms with Crippen LogP contribution in [0, 0.1) is 0 Å². The van der Waals surface area contributed by atoms with Crippen LogP contribution in [-0.2, 0) is 6.54 Å². The highest BCUT2D eigenvalue weighted by Crippen LogP contribution is 2.40. The number of hydrogen-bond acceptors (Lipinski definition) is 4. The van der Waals surface area contributed by atoms with Gasteiger partial charge >= 0.3 is 0 Å². The second-order valence-corrected chi connectivity index (χ2v) is 4.73. The lowest BCUT2D eigenvalue weighted by atomic mass is 10.1. The van der Waals surface area contributed by atoms with E-state index in [2.05, 4.69) is 25.2 Å². The molecule has 0 aromatic heterocycles. The first-order valence-electron chi connectivity index (χ1n) is 6.51. The predicted octanol–water partition coefficient (Wildman–Crippen LogP) is 2.52. The molecule has 2 rings (SSSR count). The molecule has 0 saturated heterocycles. The van der Waals surface area contributed by atoms with Crippen molar-refractivity contribution in [1.82, 2.24) is 5.32 Å². The maximum Gasteiger partial charge on any atom is 0.203 e. The van der Waals surface area contributed by atoms with Crippen molar-refractivity contribution < 1.29 is 14.2 Å². The molecule has 1 aliphatic heterocycles. The van der Waals surface area contributed by atoms with Gasteiger partial charge in [-0.2, -0.15) is 0 Å². The highest BCUT2D eigenvalue weighted by molar-refractivity contribution is 5.54. The van der Waals surface area contributed by atoms with Gasteiger partial charge in [-0.25, -0.2) is 0 Å². The fourth-order valence-corrected chi connectivity index (χ4v) is 1.92. The molecule has 0 aliphatic carbocycles. The molecule has 1 N–H and O–H groups in total. The molecule has 0 bridgehead atoms. The number of nitrogens with one attached hydrogen (secondary N) is 1. The number of ether oxygens (including phenoxy) is 3. The summed E-state index contributed by atoms with van der Waals surface area (Å²) < 4.78 is 16.5. The maximum absolute atomic E-state index is 5.61. The van der Waals surface area contributed by atoms with E-state index in [1.54, 1.807) is 7.11 Å². The molecular weight excluding hydrogens is 242 g/mol. The van der Waals surface area contributed by atoms with Crippen LogP contribution in [0.3, 0.4) is 0 Å². The van der Waals surface area contributed by atoms with Crippen LogP contribution in [-0.4, -0.2) is 26.9 Å². The van der Waals surface area contributed by atoms with Crippen LogP contribution in [0.4, 0.5) is 0 Å². The first-order chi connectivity index (χ1) is 9.20. The number of fused-ring (bicyclic) bond motifs is 1. The zero-order chi connectivity index (χ0) is 13.7. The largest absolute Gasteiger partial charge is 0.493 e. The SMILES string of the molecule is COc1cc(CNCC=C(C)C)cc2c1OCCO2. The molecule has 0 radical (unpaired) electrons. The Kier molecular flexibility index (Phi) is 4.68. The molecule has 0 unspecified atom stereocenters. The van der Waals surface area contributed by atoms with Crippen LogP contribution in [0.5, 0.6) is 17.2 Å². The highest BCUT2D eigenvalue weighted by Gasteiger charge is 2.18. The lowest BCUT2D eigenvalue weighted by Crippen LogP contribution is -2.17. The van der Waals surface area contributed by atoms with Gasteiger partial charge in [0.25, 0.3) is 0 Å². The number of methoxy groups -OCH3 is 1. The molecule has 104 valence electrons. The fraction of sp³-hybridized carbons (Fsp3) is 0.467. The molecule has 0 spiro atoms. The third kappa shape index (κ3) is 3.64. The average molecular weight is 263 g/mol. The lowest BCUT2D eigenvalue weighted by Gasteiger charge is -2.21. The summed E-state index contributed by atoms with van der Waals surface area (Å²) in [5, 5.41) is 3.36. The first-order valence-corrected chi connectivity index (χ1v) is 6.51. The Labute approximate surface area is 114 Å².